The number of carbonyl (C=O) groups is 4. The van der Waals surface area contributed by atoms with Gasteiger partial charge in [-0.15, -0.1) is 0 Å². The minimum Gasteiger partial charge on any atom is -0.481 e. The average molecular weight is 493 g/mol. The Kier molecular flexibility index (Phi) is 15.2. The maximum atomic E-state index is 11.3. The standard InChI is InChI=1S/C14H8N2.C12H20N2O6/c1(3-13-5-9-15-10-6-13)2-4-14-7-11-16-12-8-14;15-9(16)5-1-3-7-13-11(19)12(20)14-8-4-2-6-10(17)18/h5-12H;1-8H2,(H,13,19)(H,14,20)(H,15,16)(H,17,18). The molecule has 0 spiro atoms. The molecule has 2 aromatic rings. The minimum absolute atomic E-state index is 0.0334. The maximum absolute atomic E-state index is 11.3. The first-order chi connectivity index (χ1) is 17.4. The molecule has 4 N–H and O–H groups in total. The van der Waals surface area contributed by atoms with Crippen LogP contribution in [0.25, 0.3) is 0 Å². The number of nitrogens with zero attached hydrogens (tertiary/aromatic N) is 2. The summed E-state index contributed by atoms with van der Waals surface area (Å²) in [5.74, 6) is 8.14. The molecule has 0 aliphatic rings. The number of carboxylic acid groups (broad SMARTS) is 2. The highest BCUT2D eigenvalue weighted by atomic mass is 16.4. The normalized spacial score (nSPS) is 9.11. The molecule has 0 atom stereocenters. The maximum Gasteiger partial charge on any atom is 0.309 e. The molecular weight excluding hydrogens is 464 g/mol. The van der Waals surface area contributed by atoms with Gasteiger partial charge in [0, 0.05) is 61.8 Å². The zero-order valence-electron chi connectivity index (χ0n) is 19.7. The van der Waals surface area contributed by atoms with Crippen molar-refractivity contribution in [1.29, 1.82) is 0 Å². The van der Waals surface area contributed by atoms with Gasteiger partial charge in [0.1, 0.15) is 0 Å². The molecule has 0 unspecified atom stereocenters. The van der Waals surface area contributed by atoms with E-state index in [2.05, 4.69) is 44.3 Å². The topological polar surface area (TPSA) is 159 Å². The van der Waals surface area contributed by atoms with Crippen LogP contribution in [-0.2, 0) is 19.2 Å². The lowest BCUT2D eigenvalue weighted by Gasteiger charge is -2.05. The van der Waals surface area contributed by atoms with Crippen molar-refractivity contribution in [3.8, 4) is 23.7 Å². The molecule has 0 aromatic carbocycles. The summed E-state index contributed by atoms with van der Waals surface area (Å²) in [6.45, 7) is 0.497. The number of aliphatic carboxylic acids is 2. The summed E-state index contributed by atoms with van der Waals surface area (Å²) >= 11 is 0. The Bertz CT molecular complexity index is 1010. The molecule has 0 radical (unpaired) electrons. The molecular formula is C26H28N4O6. The number of aromatic nitrogens is 2. The van der Waals surface area contributed by atoms with Crippen LogP contribution in [0.2, 0.25) is 0 Å². The van der Waals surface area contributed by atoms with Crippen molar-refractivity contribution in [1.82, 2.24) is 20.6 Å². The monoisotopic (exact) mass is 492 g/mol. The van der Waals surface area contributed by atoms with E-state index < -0.39 is 23.8 Å². The van der Waals surface area contributed by atoms with Crippen molar-refractivity contribution in [2.45, 2.75) is 38.5 Å². The van der Waals surface area contributed by atoms with E-state index >= 15 is 0 Å². The Balaban J connectivity index is 0.000000367. The van der Waals surface area contributed by atoms with Crippen LogP contribution >= 0.6 is 0 Å². The van der Waals surface area contributed by atoms with E-state index in [0.717, 1.165) is 11.1 Å². The number of unbranched alkanes of at least 4 members (excludes halogenated alkanes) is 2. The third kappa shape index (κ3) is 16.0. The van der Waals surface area contributed by atoms with Crippen molar-refractivity contribution < 1.29 is 29.4 Å². The molecule has 188 valence electrons. The van der Waals surface area contributed by atoms with Crippen LogP contribution in [0.1, 0.15) is 49.7 Å². The van der Waals surface area contributed by atoms with Crippen LogP contribution in [-0.4, -0.2) is 57.0 Å². The zero-order chi connectivity index (χ0) is 26.4. The molecule has 0 aliphatic heterocycles. The smallest absolute Gasteiger partial charge is 0.309 e. The molecule has 0 aliphatic carbocycles. The molecule has 2 amide bonds. The summed E-state index contributed by atoms with van der Waals surface area (Å²) in [5.41, 5.74) is 1.83. The van der Waals surface area contributed by atoms with E-state index in [0.29, 0.717) is 25.7 Å². The number of pyridine rings is 2. The van der Waals surface area contributed by atoms with E-state index in [4.69, 9.17) is 10.2 Å². The molecule has 0 saturated carbocycles. The molecule has 0 saturated heterocycles. The molecule has 2 aromatic heterocycles. The van der Waals surface area contributed by atoms with Crippen molar-refractivity contribution >= 4 is 23.8 Å². The number of nitrogens with one attached hydrogen (secondary N) is 2. The fourth-order valence-corrected chi connectivity index (χ4v) is 2.44. The highest BCUT2D eigenvalue weighted by molar-refractivity contribution is 6.35. The summed E-state index contributed by atoms with van der Waals surface area (Å²) in [5, 5.41) is 21.5. The van der Waals surface area contributed by atoms with Crippen LogP contribution in [0.15, 0.2) is 49.1 Å². The summed E-state index contributed by atoms with van der Waals surface area (Å²) in [7, 11) is 0. The van der Waals surface area contributed by atoms with Crippen molar-refractivity contribution in [3.63, 3.8) is 0 Å². The highest BCUT2D eigenvalue weighted by Crippen LogP contribution is 1.95. The molecule has 0 fully saturated rings. The number of hydrogen-bond acceptors (Lipinski definition) is 6. The number of hydrogen-bond donors (Lipinski definition) is 4. The largest absolute Gasteiger partial charge is 0.481 e. The summed E-state index contributed by atoms with van der Waals surface area (Å²) < 4.78 is 0. The summed E-state index contributed by atoms with van der Waals surface area (Å²) in [6, 6.07) is 7.39. The first kappa shape index (κ1) is 29.3. The SMILES string of the molecule is C(C#Cc1ccncc1)#Cc1ccncc1.O=C(O)CCCCNC(=O)C(=O)NCCCCC(=O)O. The molecule has 36 heavy (non-hydrogen) atoms. The number of rotatable bonds is 10. The van der Waals surface area contributed by atoms with Gasteiger partial charge < -0.3 is 20.8 Å². The third-order valence-electron chi connectivity index (χ3n) is 4.25. The fraction of sp³-hybridized carbons (Fsp3) is 0.308. The Morgan fingerprint density at radius 3 is 1.33 bits per heavy atom. The van der Waals surface area contributed by atoms with Gasteiger partial charge in [-0.3, -0.25) is 29.1 Å². The van der Waals surface area contributed by atoms with E-state index in [1.807, 2.05) is 24.3 Å². The lowest BCUT2D eigenvalue weighted by Crippen LogP contribution is -2.40. The Morgan fingerprint density at radius 2 is 1.00 bits per heavy atom. The van der Waals surface area contributed by atoms with Crippen LogP contribution in [0, 0.1) is 23.7 Å². The van der Waals surface area contributed by atoms with Gasteiger partial charge in [-0.1, -0.05) is 11.8 Å². The molecule has 0 bridgehead atoms. The average Bonchev–Trinajstić information content (AvgIpc) is 2.87. The van der Waals surface area contributed by atoms with Gasteiger partial charge in [0.05, 0.1) is 0 Å². The van der Waals surface area contributed by atoms with Crippen molar-refractivity contribution in [2.75, 3.05) is 13.1 Å². The van der Waals surface area contributed by atoms with Crippen LogP contribution in [0.5, 0.6) is 0 Å². The highest BCUT2D eigenvalue weighted by Gasteiger charge is 2.11. The predicted molar refractivity (Wildman–Crippen MR) is 131 cm³/mol. The Morgan fingerprint density at radius 1 is 0.639 bits per heavy atom. The van der Waals surface area contributed by atoms with E-state index in [-0.39, 0.29) is 25.9 Å². The second-order valence-electron chi connectivity index (χ2n) is 7.19. The molecule has 2 heterocycles. The fourth-order valence-electron chi connectivity index (χ4n) is 2.44. The second kappa shape index (κ2) is 18.7. The second-order valence-corrected chi connectivity index (χ2v) is 7.19. The summed E-state index contributed by atoms with van der Waals surface area (Å²) in [4.78, 5) is 50.8. The van der Waals surface area contributed by atoms with Gasteiger partial charge in [-0.2, -0.15) is 0 Å². The van der Waals surface area contributed by atoms with Crippen molar-refractivity contribution in [2.24, 2.45) is 0 Å². The van der Waals surface area contributed by atoms with Crippen LogP contribution in [0.3, 0.4) is 0 Å². The molecule has 2 rings (SSSR count). The Hall–Kier alpha value is -4.70. The van der Waals surface area contributed by atoms with Gasteiger partial charge in [-0.25, -0.2) is 0 Å². The van der Waals surface area contributed by atoms with Crippen molar-refractivity contribution in [3.05, 3.63) is 60.2 Å². The predicted octanol–water partition coefficient (Wildman–Crippen LogP) is 1.61. The van der Waals surface area contributed by atoms with E-state index in [1.165, 1.54) is 0 Å². The zero-order valence-corrected chi connectivity index (χ0v) is 19.7. The van der Waals surface area contributed by atoms with Gasteiger partial charge in [0.25, 0.3) is 0 Å². The van der Waals surface area contributed by atoms with E-state index in [1.54, 1.807) is 24.8 Å². The molecule has 10 heteroatoms. The van der Waals surface area contributed by atoms with Gasteiger partial charge in [-0.05, 0) is 61.8 Å². The molecule has 10 nitrogen and oxygen atoms in total. The van der Waals surface area contributed by atoms with Gasteiger partial charge in [0.2, 0.25) is 0 Å². The number of carbonyl (C=O) groups excluding carboxylic acids is 2. The number of amides is 2. The summed E-state index contributed by atoms with van der Waals surface area (Å²) in [6.07, 6.45) is 8.76. The van der Waals surface area contributed by atoms with Gasteiger partial charge >= 0.3 is 23.8 Å². The lowest BCUT2D eigenvalue weighted by atomic mass is 10.2. The lowest BCUT2D eigenvalue weighted by molar-refractivity contribution is -0.139. The first-order valence-corrected chi connectivity index (χ1v) is 11.2. The minimum atomic E-state index is -0.893. The van der Waals surface area contributed by atoms with Gasteiger partial charge in [0.15, 0.2) is 0 Å². The van der Waals surface area contributed by atoms with Crippen LogP contribution < -0.4 is 10.6 Å². The third-order valence-corrected chi connectivity index (χ3v) is 4.25. The Labute approximate surface area is 209 Å². The quantitative estimate of drug-likeness (QED) is 0.221. The van der Waals surface area contributed by atoms with Crippen LogP contribution in [0.4, 0.5) is 0 Å². The first-order valence-electron chi connectivity index (χ1n) is 11.2. The van der Waals surface area contributed by atoms with E-state index in [9.17, 15) is 19.2 Å². The number of carboxylic acids is 2.